The summed E-state index contributed by atoms with van der Waals surface area (Å²) in [4.78, 5) is 0.209. The Kier molecular flexibility index (Phi) is 7.49. The molecule has 176 valence electrons. The van der Waals surface area contributed by atoms with E-state index in [1.54, 1.807) is 24.3 Å². The fourth-order valence-corrected chi connectivity index (χ4v) is 6.97. The first-order valence-electron chi connectivity index (χ1n) is 10.5. The maximum absolute atomic E-state index is 13.3. The highest BCUT2D eigenvalue weighted by Gasteiger charge is 2.36. The zero-order valence-electron chi connectivity index (χ0n) is 18.9. The van der Waals surface area contributed by atoms with Gasteiger partial charge in [0, 0.05) is 26.2 Å². The van der Waals surface area contributed by atoms with Gasteiger partial charge >= 0.3 is 0 Å². The van der Waals surface area contributed by atoms with Crippen molar-refractivity contribution in [3.05, 3.63) is 47.5 Å². The van der Waals surface area contributed by atoms with E-state index in [2.05, 4.69) is 0 Å². The van der Waals surface area contributed by atoms with Crippen molar-refractivity contribution >= 4 is 20.0 Å². The summed E-state index contributed by atoms with van der Waals surface area (Å²) < 4.78 is 66.4. The zero-order chi connectivity index (χ0) is 23.5. The summed E-state index contributed by atoms with van der Waals surface area (Å²) in [5, 5.41) is 0. The minimum atomic E-state index is -3.83. The molecule has 0 unspecified atom stereocenters. The SMILES string of the molecule is CCc1ccc(OC)c(S(=O)(=O)N2CCN(S(=O)(=O)c3cc(CC)ccc3OC)CC2)c1. The maximum Gasteiger partial charge on any atom is 0.246 e. The van der Waals surface area contributed by atoms with Crippen LogP contribution in [0.5, 0.6) is 11.5 Å². The molecule has 0 amide bonds. The Morgan fingerprint density at radius 3 is 1.31 bits per heavy atom. The Labute approximate surface area is 190 Å². The number of sulfonamides is 2. The van der Waals surface area contributed by atoms with E-state index < -0.39 is 20.0 Å². The van der Waals surface area contributed by atoms with E-state index in [-0.39, 0.29) is 47.5 Å². The summed E-state index contributed by atoms with van der Waals surface area (Å²) in [6.45, 7) is 4.11. The van der Waals surface area contributed by atoms with Gasteiger partial charge < -0.3 is 9.47 Å². The molecule has 0 N–H and O–H groups in total. The standard InChI is InChI=1S/C22H30N2O6S2/c1-5-17-7-9-19(29-3)21(15-17)31(25,26)23-11-13-24(14-12-23)32(27,28)22-16-18(6-2)8-10-20(22)30-4/h7-10,15-16H,5-6,11-14H2,1-4H3. The molecule has 8 nitrogen and oxygen atoms in total. The number of hydrogen-bond acceptors (Lipinski definition) is 6. The first kappa shape index (κ1) is 24.5. The molecule has 1 fully saturated rings. The van der Waals surface area contributed by atoms with Gasteiger partial charge in [0.15, 0.2) is 0 Å². The fraction of sp³-hybridized carbons (Fsp3) is 0.455. The highest BCUT2D eigenvalue weighted by atomic mass is 32.2. The lowest BCUT2D eigenvalue weighted by atomic mass is 10.2. The lowest BCUT2D eigenvalue weighted by Crippen LogP contribution is -2.50. The van der Waals surface area contributed by atoms with Crippen LogP contribution in [-0.4, -0.2) is 65.8 Å². The molecule has 0 aliphatic carbocycles. The molecule has 1 heterocycles. The third-order valence-electron chi connectivity index (χ3n) is 5.71. The fourth-order valence-electron chi connectivity index (χ4n) is 3.71. The van der Waals surface area contributed by atoms with Crippen molar-refractivity contribution in [2.24, 2.45) is 0 Å². The first-order valence-corrected chi connectivity index (χ1v) is 13.4. The molecule has 0 atom stereocenters. The Balaban J connectivity index is 1.85. The van der Waals surface area contributed by atoms with Gasteiger partial charge in [-0.05, 0) is 48.2 Å². The van der Waals surface area contributed by atoms with Crippen LogP contribution in [0.1, 0.15) is 25.0 Å². The van der Waals surface area contributed by atoms with Gasteiger partial charge in [-0.15, -0.1) is 0 Å². The number of methoxy groups -OCH3 is 2. The van der Waals surface area contributed by atoms with Gasteiger partial charge in [0.2, 0.25) is 20.0 Å². The van der Waals surface area contributed by atoms with Crippen molar-refractivity contribution in [3.63, 3.8) is 0 Å². The van der Waals surface area contributed by atoms with Crippen LogP contribution in [0.15, 0.2) is 46.2 Å². The predicted molar refractivity (Wildman–Crippen MR) is 122 cm³/mol. The van der Waals surface area contributed by atoms with E-state index in [1.165, 1.54) is 22.8 Å². The number of benzene rings is 2. The van der Waals surface area contributed by atoms with Gasteiger partial charge in [0.05, 0.1) is 14.2 Å². The number of nitrogens with zero attached hydrogens (tertiary/aromatic N) is 2. The lowest BCUT2D eigenvalue weighted by Gasteiger charge is -2.33. The summed E-state index contributed by atoms with van der Waals surface area (Å²) in [5.41, 5.74) is 1.77. The third kappa shape index (κ3) is 4.63. The largest absolute Gasteiger partial charge is 0.495 e. The van der Waals surface area contributed by atoms with Crippen LogP contribution in [0.2, 0.25) is 0 Å². The Morgan fingerprint density at radius 1 is 0.688 bits per heavy atom. The normalized spacial score (nSPS) is 16.1. The lowest BCUT2D eigenvalue weighted by molar-refractivity contribution is 0.271. The molecule has 0 bridgehead atoms. The number of rotatable bonds is 8. The van der Waals surface area contributed by atoms with Crippen molar-refractivity contribution in [2.75, 3.05) is 40.4 Å². The summed E-state index contributed by atoms with van der Waals surface area (Å²) in [7, 11) is -4.80. The summed E-state index contributed by atoms with van der Waals surface area (Å²) >= 11 is 0. The van der Waals surface area contributed by atoms with Crippen LogP contribution in [0.3, 0.4) is 0 Å². The van der Waals surface area contributed by atoms with E-state index in [9.17, 15) is 16.8 Å². The summed E-state index contributed by atoms with van der Waals surface area (Å²) in [6, 6.07) is 10.2. The van der Waals surface area contributed by atoms with Crippen LogP contribution in [0.4, 0.5) is 0 Å². The maximum atomic E-state index is 13.3. The highest BCUT2D eigenvalue weighted by molar-refractivity contribution is 7.89. The average molecular weight is 483 g/mol. The topological polar surface area (TPSA) is 93.2 Å². The molecule has 0 radical (unpaired) electrons. The van der Waals surface area contributed by atoms with Crippen LogP contribution < -0.4 is 9.47 Å². The molecule has 1 aliphatic heterocycles. The van der Waals surface area contributed by atoms with Crippen molar-refractivity contribution in [3.8, 4) is 11.5 Å². The van der Waals surface area contributed by atoms with Crippen LogP contribution in [0, 0.1) is 0 Å². The van der Waals surface area contributed by atoms with Crippen LogP contribution in [-0.2, 0) is 32.9 Å². The van der Waals surface area contributed by atoms with E-state index >= 15 is 0 Å². The van der Waals surface area contributed by atoms with E-state index in [1.807, 2.05) is 26.0 Å². The Morgan fingerprint density at radius 2 is 1.03 bits per heavy atom. The van der Waals surface area contributed by atoms with Crippen molar-refractivity contribution in [2.45, 2.75) is 36.5 Å². The Hall–Kier alpha value is -2.14. The van der Waals surface area contributed by atoms with Crippen molar-refractivity contribution < 1.29 is 26.3 Å². The average Bonchev–Trinajstić information content (AvgIpc) is 2.83. The number of ether oxygens (including phenoxy) is 2. The minimum absolute atomic E-state index is 0.0524. The van der Waals surface area contributed by atoms with Gasteiger partial charge in [-0.3, -0.25) is 0 Å². The van der Waals surface area contributed by atoms with Gasteiger partial charge in [-0.2, -0.15) is 8.61 Å². The molecule has 10 heteroatoms. The molecule has 3 rings (SSSR count). The number of hydrogen-bond donors (Lipinski definition) is 0. The van der Waals surface area contributed by atoms with Gasteiger partial charge in [-0.25, -0.2) is 16.8 Å². The zero-order valence-corrected chi connectivity index (χ0v) is 20.5. The van der Waals surface area contributed by atoms with Crippen LogP contribution in [0.25, 0.3) is 0 Å². The molecule has 2 aromatic rings. The molecule has 1 saturated heterocycles. The van der Waals surface area contributed by atoms with Crippen molar-refractivity contribution in [1.82, 2.24) is 8.61 Å². The summed E-state index contributed by atoms with van der Waals surface area (Å²) in [6.07, 6.45) is 1.38. The van der Waals surface area contributed by atoms with Crippen molar-refractivity contribution in [1.29, 1.82) is 0 Å². The quantitative estimate of drug-likeness (QED) is 0.574. The van der Waals surface area contributed by atoms with Gasteiger partial charge in [0.1, 0.15) is 21.3 Å². The molecular formula is C22H30N2O6S2. The molecule has 0 aromatic heterocycles. The second-order valence-electron chi connectivity index (χ2n) is 7.49. The van der Waals surface area contributed by atoms with Gasteiger partial charge in [0.25, 0.3) is 0 Å². The molecule has 2 aromatic carbocycles. The molecule has 1 aliphatic rings. The number of piperazine rings is 1. The Bertz CT molecular complexity index is 1080. The van der Waals surface area contributed by atoms with E-state index in [4.69, 9.17) is 9.47 Å². The number of aryl methyl sites for hydroxylation is 2. The molecular weight excluding hydrogens is 452 g/mol. The molecule has 32 heavy (non-hydrogen) atoms. The second-order valence-corrected chi connectivity index (χ2v) is 11.3. The van der Waals surface area contributed by atoms with E-state index in [0.29, 0.717) is 12.8 Å². The third-order valence-corrected chi connectivity index (χ3v) is 9.55. The first-order chi connectivity index (χ1) is 15.2. The predicted octanol–water partition coefficient (Wildman–Crippen LogP) is 2.52. The smallest absolute Gasteiger partial charge is 0.246 e. The van der Waals surface area contributed by atoms with Crippen LogP contribution >= 0.6 is 0 Å². The monoisotopic (exact) mass is 482 g/mol. The minimum Gasteiger partial charge on any atom is -0.495 e. The second kappa shape index (κ2) is 9.78. The highest BCUT2D eigenvalue weighted by Crippen LogP contribution is 2.31. The molecule has 0 saturated carbocycles. The summed E-state index contributed by atoms with van der Waals surface area (Å²) in [5.74, 6) is 0.553. The van der Waals surface area contributed by atoms with Gasteiger partial charge in [-0.1, -0.05) is 26.0 Å². The van der Waals surface area contributed by atoms with E-state index in [0.717, 1.165) is 11.1 Å². The molecule has 0 spiro atoms.